The van der Waals surface area contributed by atoms with Gasteiger partial charge in [0.25, 0.3) is 0 Å². The van der Waals surface area contributed by atoms with Gasteiger partial charge < -0.3 is 25.6 Å². The van der Waals surface area contributed by atoms with Crippen LogP contribution in [0.25, 0.3) is 22.8 Å². The third-order valence-electron chi connectivity index (χ3n) is 12.5. The van der Waals surface area contributed by atoms with Crippen molar-refractivity contribution in [3.05, 3.63) is 257 Å². The first-order valence-corrected chi connectivity index (χ1v) is 29.8. The number of aromatic amines is 1. The summed E-state index contributed by atoms with van der Waals surface area (Å²) in [5.74, 6) is 0.868. The molecule has 0 saturated heterocycles. The maximum Gasteiger partial charge on any atom is 0.569 e. The standard InChI is InChI=1S/C17H14ClF3N4O.C15H10ClF3N4.C15H9ClF3N.C7H5BF3O2.C7H5ClN2.C2H5BrO/c18-14-6-3-12(9-11-1-4-13(5-2-11)17(19,20)21)15(10-14)16-22-24-25(23-16)7-8-26;16-12-6-3-10(13(8-12)14-20-22-23-21-14)7-9-1-4-11(5-2-9)15(17,18)19;16-14-6-3-11(12(8-14)9-20)7-10-1-4-13(5-2-10)15(17,18)19;9-7(10,11)5-1-3-6(4-2-5)13-8-12;8-6-1-2-7(10)5(3-6)4-9;3-1-2-4/h1-6,10,26H,7-9H2;1-6,8H,7H2,(H,20,21,22,23);1-6,8H,7H2;1-4,12H;1-3H,10H2;4H,1-2H2. The van der Waals surface area contributed by atoms with Crippen molar-refractivity contribution < 1.29 is 72.6 Å². The number of halogens is 17. The van der Waals surface area contributed by atoms with Crippen LogP contribution in [0.15, 0.2) is 170 Å². The van der Waals surface area contributed by atoms with Gasteiger partial charge in [-0.1, -0.05) is 117 Å². The van der Waals surface area contributed by atoms with E-state index in [1.165, 1.54) is 47.3 Å². The lowest BCUT2D eigenvalue weighted by Crippen LogP contribution is -2.06. The molecule has 0 saturated carbocycles. The minimum absolute atomic E-state index is 0.121. The Kier molecular flexibility index (Phi) is 30.0. The summed E-state index contributed by atoms with van der Waals surface area (Å²) in [6.07, 6.45) is -16.2. The van der Waals surface area contributed by atoms with Gasteiger partial charge >= 0.3 is 32.4 Å². The number of benzene rings is 8. The summed E-state index contributed by atoms with van der Waals surface area (Å²) in [6.45, 7) is 0.325. The van der Waals surface area contributed by atoms with Crippen molar-refractivity contribution in [3.8, 4) is 40.7 Å². The number of aliphatic hydroxyl groups excluding tert-OH is 2. The Hall–Kier alpha value is -8.78. The molecule has 10 aromatic rings. The van der Waals surface area contributed by atoms with Gasteiger partial charge in [0.1, 0.15) is 11.8 Å². The number of H-pyrrole nitrogens is 1. The monoisotopic (exact) mass is 1480 g/mol. The van der Waals surface area contributed by atoms with E-state index in [4.69, 9.17) is 77.9 Å². The van der Waals surface area contributed by atoms with Gasteiger partial charge in [-0.2, -0.15) is 73.2 Å². The molecule has 96 heavy (non-hydrogen) atoms. The van der Waals surface area contributed by atoms with Crippen LogP contribution in [0.3, 0.4) is 0 Å². The molecule has 501 valence electrons. The molecular formula is C63H48BBrCl4F12N11O4. The van der Waals surface area contributed by atoms with Gasteiger partial charge in [-0.15, -0.1) is 20.4 Å². The summed E-state index contributed by atoms with van der Waals surface area (Å²) in [5.41, 5.74) is 9.81. The molecule has 0 bridgehead atoms. The minimum Gasteiger partial charge on any atom is -0.537 e. The average Bonchev–Trinajstić information content (AvgIpc) is 1.48. The first-order chi connectivity index (χ1) is 45.4. The molecule has 0 fully saturated rings. The first kappa shape index (κ1) is 77.9. The van der Waals surface area contributed by atoms with E-state index < -0.39 is 47.0 Å². The van der Waals surface area contributed by atoms with Crippen LogP contribution >= 0.6 is 62.3 Å². The molecular weight excluding hydrogens is 1440 g/mol. The van der Waals surface area contributed by atoms with Gasteiger partial charge in [-0.05, 0) is 178 Å². The molecule has 0 aliphatic rings. The van der Waals surface area contributed by atoms with Crippen LogP contribution in [0.4, 0.5) is 58.4 Å². The number of nitrogens with zero attached hydrogens (tertiary/aromatic N) is 9. The average molecular weight is 1480 g/mol. The second-order valence-electron chi connectivity index (χ2n) is 19.3. The summed E-state index contributed by atoms with van der Waals surface area (Å²) in [4.78, 5) is 1.26. The van der Waals surface area contributed by atoms with Crippen molar-refractivity contribution in [1.82, 2.24) is 40.8 Å². The number of hydrogen-bond donors (Lipinski definition) is 5. The summed E-state index contributed by atoms with van der Waals surface area (Å²) in [6, 6.07) is 43.0. The first-order valence-electron chi connectivity index (χ1n) is 27.2. The number of nitriles is 2. The maximum absolute atomic E-state index is 12.7. The maximum atomic E-state index is 12.7. The van der Waals surface area contributed by atoms with Crippen LogP contribution in [0.2, 0.25) is 20.1 Å². The fourth-order valence-electron chi connectivity index (χ4n) is 7.94. The Balaban J connectivity index is 0.000000221. The summed E-state index contributed by atoms with van der Waals surface area (Å²) >= 11 is 26.4. The lowest BCUT2D eigenvalue weighted by atomic mass is 9.98. The molecule has 10 rings (SSSR count). The highest BCUT2D eigenvalue weighted by Gasteiger charge is 2.32. The number of anilines is 1. The van der Waals surface area contributed by atoms with Crippen LogP contribution in [-0.4, -0.2) is 82.3 Å². The van der Waals surface area contributed by atoms with E-state index in [1.54, 1.807) is 66.7 Å². The second-order valence-corrected chi connectivity index (χ2v) is 21.8. The largest absolute Gasteiger partial charge is 0.569 e. The number of aliphatic hydroxyl groups is 2. The fourth-order valence-corrected chi connectivity index (χ4v) is 8.63. The van der Waals surface area contributed by atoms with E-state index in [9.17, 15) is 52.7 Å². The Morgan fingerprint density at radius 2 is 0.885 bits per heavy atom. The van der Waals surface area contributed by atoms with Crippen molar-refractivity contribution in [1.29, 1.82) is 10.5 Å². The zero-order chi connectivity index (χ0) is 70.8. The number of nitrogen functional groups attached to an aromatic ring is 1. The molecule has 33 heteroatoms. The number of aromatic nitrogens is 8. The SMILES string of the molecule is FC(F)(F)c1ccc(Cc2ccc(Cl)cc2-c2nn[nH]n2)cc1.N#Cc1cc(Cl)ccc1Cc1ccc(C(F)(F)F)cc1.N#Cc1cc(Cl)ccc1N.OCCBr.OCCn1nnc(-c2cc(Cl)ccc2Cc2ccc(C(F)(F)F)cc2)n1.O[B]Oc1ccc(C(F)(F)F)cc1. The van der Waals surface area contributed by atoms with Crippen molar-refractivity contribution in [2.45, 2.75) is 50.5 Å². The van der Waals surface area contributed by atoms with Crippen LogP contribution in [0.1, 0.15) is 66.8 Å². The number of rotatable bonds is 13. The Bertz CT molecular complexity index is 4140. The van der Waals surface area contributed by atoms with Crippen LogP contribution in [0, 0.1) is 22.7 Å². The van der Waals surface area contributed by atoms with Gasteiger partial charge in [0, 0.05) is 42.2 Å². The second kappa shape index (κ2) is 36.9. The Morgan fingerprint density at radius 3 is 1.25 bits per heavy atom. The summed E-state index contributed by atoms with van der Waals surface area (Å²) < 4.78 is 154. The van der Waals surface area contributed by atoms with Crippen molar-refractivity contribution >= 4 is 75.7 Å². The van der Waals surface area contributed by atoms with E-state index in [0.29, 0.717) is 103 Å². The van der Waals surface area contributed by atoms with E-state index in [0.717, 1.165) is 82.9 Å². The number of hydrogen-bond acceptors (Lipinski definition) is 13. The molecule has 0 unspecified atom stereocenters. The smallest absolute Gasteiger partial charge is 0.537 e. The zero-order valence-corrected chi connectivity index (χ0v) is 53.6. The van der Waals surface area contributed by atoms with E-state index >= 15 is 0 Å². The molecule has 0 amide bonds. The van der Waals surface area contributed by atoms with Crippen LogP contribution in [-0.2, 0) is 50.5 Å². The molecule has 1 radical (unpaired) electrons. The highest BCUT2D eigenvalue weighted by atomic mass is 79.9. The summed E-state index contributed by atoms with van der Waals surface area (Å²) in [7, 11) is 0.405. The molecule has 2 aromatic heterocycles. The fraction of sp³-hybridized carbons (Fsp3) is 0.175. The molecule has 0 spiro atoms. The number of alkyl halides is 13. The van der Waals surface area contributed by atoms with Crippen LogP contribution < -0.4 is 10.4 Å². The molecule has 0 aliphatic carbocycles. The third kappa shape index (κ3) is 25.4. The Morgan fingerprint density at radius 1 is 0.510 bits per heavy atom. The van der Waals surface area contributed by atoms with E-state index in [1.807, 2.05) is 12.1 Å². The normalized spacial score (nSPS) is 11.0. The lowest BCUT2D eigenvalue weighted by molar-refractivity contribution is -0.138. The van der Waals surface area contributed by atoms with Gasteiger partial charge in [0.05, 0.1) is 59.2 Å². The van der Waals surface area contributed by atoms with Crippen molar-refractivity contribution in [2.75, 3.05) is 24.3 Å². The molecule has 8 aromatic carbocycles. The van der Waals surface area contributed by atoms with Crippen molar-refractivity contribution in [2.24, 2.45) is 0 Å². The lowest BCUT2D eigenvalue weighted by Gasteiger charge is -2.10. The number of tetrazole rings is 2. The topological polar surface area (TPSA) is 242 Å². The molecule has 0 atom stereocenters. The quantitative estimate of drug-likeness (QED) is 0.0313. The third-order valence-corrected chi connectivity index (χ3v) is 13.8. The van der Waals surface area contributed by atoms with Gasteiger partial charge in [0.2, 0.25) is 11.6 Å². The zero-order valence-electron chi connectivity index (χ0n) is 49.0. The summed E-state index contributed by atoms with van der Waals surface area (Å²) in [5, 5.41) is 70.8. The van der Waals surface area contributed by atoms with Gasteiger partial charge in [-0.25, -0.2) is 0 Å². The predicted molar refractivity (Wildman–Crippen MR) is 340 cm³/mol. The molecule has 2 heterocycles. The van der Waals surface area contributed by atoms with Crippen molar-refractivity contribution in [3.63, 3.8) is 0 Å². The number of nitrogens with one attached hydrogen (secondary N) is 1. The van der Waals surface area contributed by atoms with Gasteiger partial charge in [-0.3, -0.25) is 0 Å². The predicted octanol–water partition coefficient (Wildman–Crippen LogP) is 16.3. The van der Waals surface area contributed by atoms with Gasteiger partial charge in [0.15, 0.2) is 0 Å². The Labute approximate surface area is 568 Å². The van der Waals surface area contributed by atoms with Crippen LogP contribution in [0.5, 0.6) is 5.75 Å². The highest BCUT2D eigenvalue weighted by Crippen LogP contribution is 2.35. The minimum atomic E-state index is -4.36. The highest BCUT2D eigenvalue weighted by molar-refractivity contribution is 9.09. The molecule has 0 aliphatic heterocycles. The van der Waals surface area contributed by atoms with E-state index in [2.05, 4.69) is 56.6 Å². The molecule has 15 nitrogen and oxygen atoms in total. The van der Waals surface area contributed by atoms with E-state index in [-0.39, 0.29) is 25.5 Å². The molecule has 6 N–H and O–H groups in total. The number of nitrogens with two attached hydrogens (primary N) is 1.